The number of aliphatic hydroxyl groups excluding tert-OH is 1. The number of aryl methyl sites for hydroxylation is 1. The van der Waals surface area contributed by atoms with Gasteiger partial charge >= 0.3 is 11.9 Å². The number of cyclic esters (lactones) is 1. The van der Waals surface area contributed by atoms with E-state index in [-0.39, 0.29) is 48.9 Å². The van der Waals surface area contributed by atoms with Crippen LogP contribution in [0.3, 0.4) is 0 Å². The zero-order chi connectivity index (χ0) is 38.7. The molecule has 1 unspecified atom stereocenters. The number of thioether (sulfide) groups is 1. The van der Waals surface area contributed by atoms with Gasteiger partial charge in [-0.1, -0.05) is 6.07 Å². The van der Waals surface area contributed by atoms with Crippen LogP contribution in [0, 0.1) is 13.8 Å². The smallest absolute Gasteiger partial charge is 0.331 e. The molecule has 1 saturated heterocycles. The third kappa shape index (κ3) is 5.09. The lowest BCUT2D eigenvalue weighted by Crippen LogP contribution is -2.69. The zero-order valence-electron chi connectivity index (χ0n) is 31.6. The second-order valence-corrected chi connectivity index (χ2v) is 16.4. The molecule has 14 nitrogen and oxygen atoms in total. The summed E-state index contributed by atoms with van der Waals surface area (Å²) in [5.41, 5.74) is 4.51. The molecule has 0 aliphatic carbocycles. The van der Waals surface area contributed by atoms with Crippen molar-refractivity contribution >= 4 is 23.7 Å². The minimum absolute atomic E-state index is 0.0192. The van der Waals surface area contributed by atoms with E-state index in [0.29, 0.717) is 70.2 Å². The van der Waals surface area contributed by atoms with E-state index in [0.717, 1.165) is 16.7 Å². The molecule has 7 atom stereocenters. The predicted molar refractivity (Wildman–Crippen MR) is 199 cm³/mol. The molecule has 292 valence electrons. The first-order valence-corrected chi connectivity index (χ1v) is 19.6. The van der Waals surface area contributed by atoms with Gasteiger partial charge in [-0.2, -0.15) is 0 Å². The number of nitrogens with one attached hydrogen (secondary N) is 1. The van der Waals surface area contributed by atoms with E-state index in [1.54, 1.807) is 19.2 Å². The van der Waals surface area contributed by atoms with Crippen LogP contribution < -0.4 is 29.0 Å². The molecule has 3 aromatic carbocycles. The number of esters is 2. The maximum absolute atomic E-state index is 14.6. The molecule has 55 heavy (non-hydrogen) atoms. The van der Waals surface area contributed by atoms with E-state index < -0.39 is 47.1 Å². The van der Waals surface area contributed by atoms with Crippen LogP contribution in [0.25, 0.3) is 0 Å². The second kappa shape index (κ2) is 13.1. The quantitative estimate of drug-likeness (QED) is 0.224. The van der Waals surface area contributed by atoms with Gasteiger partial charge in [0.1, 0.15) is 12.0 Å². The highest BCUT2D eigenvalue weighted by atomic mass is 32.2. The molecule has 4 bridgehead atoms. The number of hydrogen-bond donors (Lipinski definition) is 4. The molecule has 1 spiro atoms. The molecule has 0 amide bonds. The summed E-state index contributed by atoms with van der Waals surface area (Å²) < 4.78 is 35.9. The van der Waals surface area contributed by atoms with Crippen molar-refractivity contribution in [3.8, 4) is 40.2 Å². The first-order chi connectivity index (χ1) is 26.4. The molecular weight excluding hydrogens is 731 g/mol. The third-order valence-corrected chi connectivity index (χ3v) is 14.0. The summed E-state index contributed by atoms with van der Waals surface area (Å²) in [6.07, 6.45) is 0.297. The number of benzene rings is 3. The summed E-state index contributed by atoms with van der Waals surface area (Å²) in [5, 5.41) is 38.4. The van der Waals surface area contributed by atoms with E-state index >= 15 is 0 Å². The van der Waals surface area contributed by atoms with Gasteiger partial charge in [0.25, 0.3) is 0 Å². The molecule has 1 fully saturated rings. The lowest BCUT2D eigenvalue weighted by atomic mass is 9.72. The lowest BCUT2D eigenvalue weighted by molar-refractivity contribution is -0.176. The maximum Gasteiger partial charge on any atom is 0.331 e. The summed E-state index contributed by atoms with van der Waals surface area (Å²) in [7, 11) is 4.98. The van der Waals surface area contributed by atoms with Gasteiger partial charge in [-0.15, -0.1) is 11.8 Å². The normalized spacial score (nSPS) is 29.3. The number of likely N-dealkylation sites (N-methyl/N-ethyl adjacent to an activating group) is 1. The second-order valence-electron chi connectivity index (χ2n) is 15.3. The summed E-state index contributed by atoms with van der Waals surface area (Å²) in [5.74, 6) is 1.12. The summed E-state index contributed by atoms with van der Waals surface area (Å²) >= 11 is 1.48. The predicted octanol–water partition coefficient (Wildman–Crippen LogP) is 3.80. The molecule has 6 aliphatic rings. The highest BCUT2D eigenvalue weighted by Crippen LogP contribution is 2.64. The van der Waals surface area contributed by atoms with Crippen molar-refractivity contribution in [3.63, 3.8) is 0 Å². The fourth-order valence-electron chi connectivity index (χ4n) is 10.2. The molecule has 0 aromatic heterocycles. The molecule has 6 aliphatic heterocycles. The summed E-state index contributed by atoms with van der Waals surface area (Å²) in [6, 6.07) is 3.42. The monoisotopic (exact) mass is 775 g/mol. The lowest BCUT2D eigenvalue weighted by Gasteiger charge is -2.62. The van der Waals surface area contributed by atoms with E-state index in [1.807, 2.05) is 27.0 Å². The Bertz CT molecular complexity index is 2150. The Morgan fingerprint density at radius 3 is 2.55 bits per heavy atom. The van der Waals surface area contributed by atoms with Crippen molar-refractivity contribution in [2.75, 3.05) is 47.0 Å². The molecule has 15 heteroatoms. The number of fused-ring (bicyclic) bond motifs is 11. The van der Waals surface area contributed by atoms with Gasteiger partial charge in [0.15, 0.2) is 40.0 Å². The van der Waals surface area contributed by atoms with Crippen molar-refractivity contribution in [1.82, 2.24) is 15.1 Å². The van der Waals surface area contributed by atoms with Crippen LogP contribution in [0.4, 0.5) is 0 Å². The van der Waals surface area contributed by atoms with Gasteiger partial charge in [-0.05, 0) is 68.1 Å². The number of nitrogens with zero attached hydrogens (tertiary/aromatic N) is 2. The van der Waals surface area contributed by atoms with Crippen LogP contribution in [0.1, 0.15) is 75.2 Å². The third-order valence-electron chi connectivity index (χ3n) is 12.5. The first kappa shape index (κ1) is 36.2. The van der Waals surface area contributed by atoms with Crippen LogP contribution in [0.2, 0.25) is 0 Å². The van der Waals surface area contributed by atoms with E-state index in [9.17, 15) is 24.9 Å². The number of aliphatic hydroxyl groups is 1. The van der Waals surface area contributed by atoms with E-state index in [2.05, 4.69) is 15.1 Å². The van der Waals surface area contributed by atoms with Crippen LogP contribution >= 0.6 is 11.8 Å². The average Bonchev–Trinajstić information content (AvgIpc) is 3.63. The number of ether oxygens (including phenoxy) is 6. The summed E-state index contributed by atoms with van der Waals surface area (Å²) in [4.78, 5) is 31.8. The van der Waals surface area contributed by atoms with Gasteiger partial charge in [-0.3, -0.25) is 19.9 Å². The fourth-order valence-corrected chi connectivity index (χ4v) is 11.9. The Morgan fingerprint density at radius 2 is 1.80 bits per heavy atom. The van der Waals surface area contributed by atoms with Crippen LogP contribution in [0.5, 0.6) is 40.2 Å². The number of piperazine rings is 1. The Hall–Kier alpha value is -4.41. The molecule has 4 N–H and O–H groups in total. The molecule has 6 heterocycles. The summed E-state index contributed by atoms with van der Waals surface area (Å²) in [6.45, 7) is 5.48. The van der Waals surface area contributed by atoms with Gasteiger partial charge < -0.3 is 43.7 Å². The van der Waals surface area contributed by atoms with Crippen molar-refractivity contribution in [1.29, 1.82) is 0 Å². The Labute approximate surface area is 322 Å². The van der Waals surface area contributed by atoms with Crippen molar-refractivity contribution < 1.29 is 53.3 Å². The van der Waals surface area contributed by atoms with E-state index in [4.69, 9.17) is 28.4 Å². The van der Waals surface area contributed by atoms with Crippen molar-refractivity contribution in [3.05, 3.63) is 62.7 Å². The SMILES string of the molecule is COc1cc2c(cc1O)CCN[C@]21CS[C@@H]2c3c(OC(C)=O)c(C)c4c(c3[C@@H](CCOC1=O)N1C2[C@H]2c3c(cc(C)c(OC)c3O)C[C@H]([C@@H]1O)N2C)OCO4. The number of methoxy groups -OCH3 is 2. The number of phenols is 2. The molecule has 0 radical (unpaired) electrons. The molecule has 0 saturated carbocycles. The Balaban J connectivity index is 1.33. The zero-order valence-corrected chi connectivity index (χ0v) is 32.4. The highest BCUT2D eigenvalue weighted by molar-refractivity contribution is 7.99. The highest BCUT2D eigenvalue weighted by Gasteiger charge is 2.61. The largest absolute Gasteiger partial charge is 0.504 e. The topological polar surface area (TPSA) is 169 Å². The number of carbonyl (C=O) groups excluding carboxylic acids is 2. The van der Waals surface area contributed by atoms with Crippen LogP contribution in [-0.4, -0.2) is 102 Å². The molecule has 9 rings (SSSR count). The van der Waals surface area contributed by atoms with Gasteiger partial charge in [0, 0.05) is 60.0 Å². The van der Waals surface area contributed by atoms with E-state index in [1.165, 1.54) is 25.8 Å². The average molecular weight is 776 g/mol. The number of hydrogen-bond acceptors (Lipinski definition) is 15. The minimum Gasteiger partial charge on any atom is -0.504 e. The Morgan fingerprint density at radius 1 is 1.02 bits per heavy atom. The minimum atomic E-state index is -1.37. The van der Waals surface area contributed by atoms with Gasteiger partial charge in [-0.25, -0.2) is 4.79 Å². The molecule has 3 aromatic rings. The molecular formula is C40H45N3O11S. The standard InChI is InChI=1S/C40H45N3O11S/c1-17-11-21-12-24-38(47)43-23-8-10-51-39(48)40(22-14-26(49-5)25(45)13-20(22)7-9-41-40)15-55-37(31(43)30(42(24)4)27(21)32(46)33(17)50-6)29-28(23)36-35(52-16-53-36)18(2)34(29)54-19(3)44/h11,13-14,23-24,30-31,37-38,41,45-47H,7-10,12,15-16H2,1-6H3/t23-,24-,30-,31?,37-,38+,40-/m1/s1. The number of carbonyl (C=O) groups is 2. The van der Waals surface area contributed by atoms with Crippen molar-refractivity contribution in [2.45, 2.75) is 81.2 Å². The fraction of sp³-hybridized carbons (Fsp3) is 0.500. The van der Waals surface area contributed by atoms with Gasteiger partial charge in [0.05, 0.1) is 38.2 Å². The van der Waals surface area contributed by atoms with Crippen LogP contribution in [0.15, 0.2) is 18.2 Å². The van der Waals surface area contributed by atoms with Gasteiger partial charge in [0.2, 0.25) is 6.79 Å². The maximum atomic E-state index is 14.6. The number of aromatic hydroxyl groups is 2. The van der Waals surface area contributed by atoms with Crippen LogP contribution in [-0.2, 0) is 32.7 Å². The van der Waals surface area contributed by atoms with Crippen molar-refractivity contribution in [2.24, 2.45) is 0 Å². The number of rotatable bonds is 3. The number of phenolic OH excluding ortho intramolecular Hbond substituents is 2. The first-order valence-electron chi connectivity index (χ1n) is 18.6. The Kier molecular flexibility index (Phi) is 8.62.